The molecule has 0 bridgehead atoms. The highest BCUT2D eigenvalue weighted by atomic mass is 79.9. The number of nitrogens with zero attached hydrogens (tertiary/aromatic N) is 1. The molecule has 146 valence electrons. The molecule has 2 rings (SSSR count). The van der Waals surface area contributed by atoms with E-state index in [9.17, 15) is 5.11 Å². The van der Waals surface area contributed by atoms with Gasteiger partial charge in [-0.3, -0.25) is 4.99 Å². The minimum atomic E-state index is -0.735. The number of hydrogen-bond donors (Lipinski definition) is 3. The fourth-order valence-electron chi connectivity index (χ4n) is 3.08. The monoisotopic (exact) mass is 425 g/mol. The Morgan fingerprint density at radius 2 is 2.08 bits per heavy atom. The van der Waals surface area contributed by atoms with Gasteiger partial charge in [-0.2, -0.15) is 0 Å². The Morgan fingerprint density at radius 1 is 1.31 bits per heavy atom. The molecule has 1 aliphatic heterocycles. The van der Waals surface area contributed by atoms with Crippen LogP contribution in [0, 0.1) is 5.92 Å². The number of benzene rings is 1. The minimum Gasteiger partial charge on any atom is -0.388 e. The van der Waals surface area contributed by atoms with Gasteiger partial charge < -0.3 is 20.5 Å². The number of ether oxygens (including phenoxy) is 1. The fraction of sp³-hybridized carbons (Fsp3) is 0.650. The minimum absolute atomic E-state index is 0.411. The van der Waals surface area contributed by atoms with E-state index in [4.69, 9.17) is 4.74 Å². The third-order valence-corrected chi connectivity index (χ3v) is 5.34. The summed E-state index contributed by atoms with van der Waals surface area (Å²) in [5.41, 5.74) is 0.604. The van der Waals surface area contributed by atoms with Crippen LogP contribution < -0.4 is 10.6 Å². The molecule has 0 amide bonds. The molecule has 0 saturated carbocycles. The Balaban J connectivity index is 1.89. The maximum absolute atomic E-state index is 10.6. The highest BCUT2D eigenvalue weighted by molar-refractivity contribution is 9.10. The van der Waals surface area contributed by atoms with Gasteiger partial charge in [0.2, 0.25) is 0 Å². The van der Waals surface area contributed by atoms with Gasteiger partial charge in [-0.15, -0.1) is 0 Å². The van der Waals surface area contributed by atoms with Crippen molar-refractivity contribution in [2.24, 2.45) is 10.9 Å². The van der Waals surface area contributed by atoms with Gasteiger partial charge >= 0.3 is 0 Å². The smallest absolute Gasteiger partial charge is 0.191 e. The van der Waals surface area contributed by atoms with Crippen LogP contribution in [-0.2, 0) is 11.2 Å². The van der Waals surface area contributed by atoms with Crippen LogP contribution >= 0.6 is 15.9 Å². The summed E-state index contributed by atoms with van der Waals surface area (Å²) in [7, 11) is 0. The number of aliphatic hydroxyl groups is 1. The van der Waals surface area contributed by atoms with Crippen molar-refractivity contribution in [3.05, 3.63) is 34.3 Å². The lowest BCUT2D eigenvalue weighted by molar-refractivity contribution is -0.0565. The molecule has 0 spiro atoms. The number of halogens is 1. The van der Waals surface area contributed by atoms with E-state index < -0.39 is 5.60 Å². The summed E-state index contributed by atoms with van der Waals surface area (Å²) in [6, 6.07) is 8.50. The summed E-state index contributed by atoms with van der Waals surface area (Å²) < 4.78 is 6.46. The highest BCUT2D eigenvalue weighted by Crippen LogP contribution is 2.20. The second-order valence-corrected chi connectivity index (χ2v) is 7.94. The third-order valence-electron chi connectivity index (χ3n) is 4.85. The molecule has 1 aliphatic rings. The Morgan fingerprint density at radius 3 is 2.73 bits per heavy atom. The van der Waals surface area contributed by atoms with Crippen LogP contribution in [0.3, 0.4) is 0 Å². The first-order valence-corrected chi connectivity index (χ1v) is 10.4. The van der Waals surface area contributed by atoms with Crippen molar-refractivity contribution < 1.29 is 9.84 Å². The molecule has 0 radical (unpaired) electrons. The lowest BCUT2D eigenvalue weighted by Crippen LogP contribution is -2.43. The first kappa shape index (κ1) is 21.2. The summed E-state index contributed by atoms with van der Waals surface area (Å²) in [6.07, 6.45) is 3.43. The van der Waals surface area contributed by atoms with Crippen molar-refractivity contribution >= 4 is 21.9 Å². The normalized spacial score (nSPS) is 18.4. The summed E-state index contributed by atoms with van der Waals surface area (Å²) in [5, 5.41) is 17.3. The average Bonchev–Trinajstić information content (AvgIpc) is 2.63. The molecule has 3 N–H and O–H groups in total. The molecule has 0 aromatic heterocycles. The van der Waals surface area contributed by atoms with Gasteiger partial charge in [0, 0.05) is 43.6 Å². The van der Waals surface area contributed by atoms with Crippen molar-refractivity contribution in [2.75, 3.05) is 32.8 Å². The zero-order chi connectivity index (χ0) is 18.8. The fourth-order valence-corrected chi connectivity index (χ4v) is 3.52. The summed E-state index contributed by atoms with van der Waals surface area (Å²) in [6.45, 7) is 7.57. The van der Waals surface area contributed by atoms with Crippen LogP contribution in [0.15, 0.2) is 33.7 Å². The van der Waals surface area contributed by atoms with E-state index in [0.717, 1.165) is 36.4 Å². The molecule has 6 heteroatoms. The van der Waals surface area contributed by atoms with E-state index in [2.05, 4.69) is 69.7 Å². The molecular weight excluding hydrogens is 394 g/mol. The average molecular weight is 426 g/mol. The predicted octanol–water partition coefficient (Wildman–Crippen LogP) is 3.11. The number of hydrogen-bond acceptors (Lipinski definition) is 3. The third kappa shape index (κ3) is 7.25. The largest absolute Gasteiger partial charge is 0.388 e. The van der Waals surface area contributed by atoms with Crippen molar-refractivity contribution in [3.63, 3.8) is 0 Å². The zero-order valence-corrected chi connectivity index (χ0v) is 17.5. The predicted molar refractivity (Wildman–Crippen MR) is 111 cm³/mol. The Hall–Kier alpha value is -1.11. The van der Waals surface area contributed by atoms with Gasteiger partial charge in [0.05, 0.1) is 12.1 Å². The highest BCUT2D eigenvalue weighted by Gasteiger charge is 2.29. The standard InChI is InChI=1S/C20H32BrN3O2/c1-3-16(12-17-6-5-7-18(21)13-17)14-23-19(22-4-2)24-15-20(25)8-10-26-11-9-20/h5-7,13,16,25H,3-4,8-12,14-15H2,1-2H3,(H2,22,23,24). The molecule has 1 saturated heterocycles. The van der Waals surface area contributed by atoms with Gasteiger partial charge in [-0.05, 0) is 37.0 Å². The molecule has 5 nitrogen and oxygen atoms in total. The first-order valence-electron chi connectivity index (χ1n) is 9.61. The van der Waals surface area contributed by atoms with Crippen molar-refractivity contribution in [1.82, 2.24) is 10.6 Å². The van der Waals surface area contributed by atoms with Crippen LogP contribution in [0.2, 0.25) is 0 Å². The second-order valence-electron chi connectivity index (χ2n) is 7.02. The maximum Gasteiger partial charge on any atom is 0.191 e. The van der Waals surface area contributed by atoms with Crippen molar-refractivity contribution in [3.8, 4) is 0 Å². The molecule has 1 fully saturated rings. The Bertz CT molecular complexity index is 574. The maximum atomic E-state index is 10.6. The van der Waals surface area contributed by atoms with Gasteiger partial charge in [-0.25, -0.2) is 0 Å². The zero-order valence-electron chi connectivity index (χ0n) is 15.9. The summed E-state index contributed by atoms with van der Waals surface area (Å²) in [5.74, 6) is 1.31. The van der Waals surface area contributed by atoms with Crippen LogP contribution in [0.4, 0.5) is 0 Å². The Labute approximate surface area is 165 Å². The number of rotatable bonds is 8. The molecule has 1 aromatic rings. The van der Waals surface area contributed by atoms with E-state index in [1.54, 1.807) is 0 Å². The van der Waals surface area contributed by atoms with E-state index in [1.165, 1.54) is 5.56 Å². The van der Waals surface area contributed by atoms with E-state index in [0.29, 0.717) is 38.5 Å². The van der Waals surface area contributed by atoms with Crippen molar-refractivity contribution in [1.29, 1.82) is 0 Å². The molecule has 1 unspecified atom stereocenters. The lowest BCUT2D eigenvalue weighted by atomic mass is 9.95. The van der Waals surface area contributed by atoms with Gasteiger partial charge in [-0.1, -0.05) is 41.4 Å². The molecule has 1 atom stereocenters. The van der Waals surface area contributed by atoms with E-state index in [1.807, 2.05) is 0 Å². The quantitative estimate of drug-likeness (QED) is 0.442. The van der Waals surface area contributed by atoms with E-state index in [-0.39, 0.29) is 0 Å². The molecule has 0 aliphatic carbocycles. The van der Waals surface area contributed by atoms with Crippen LogP contribution in [-0.4, -0.2) is 49.5 Å². The van der Waals surface area contributed by atoms with Gasteiger partial charge in [0.1, 0.15) is 0 Å². The lowest BCUT2D eigenvalue weighted by Gasteiger charge is -2.30. The van der Waals surface area contributed by atoms with E-state index >= 15 is 0 Å². The molecule has 1 aromatic carbocycles. The van der Waals surface area contributed by atoms with Crippen LogP contribution in [0.25, 0.3) is 0 Å². The topological polar surface area (TPSA) is 65.9 Å². The van der Waals surface area contributed by atoms with Crippen molar-refractivity contribution in [2.45, 2.75) is 45.1 Å². The van der Waals surface area contributed by atoms with Gasteiger partial charge in [0.15, 0.2) is 5.96 Å². The number of nitrogens with one attached hydrogen (secondary N) is 2. The number of aliphatic imine (C=N–C) groups is 1. The molecule has 1 heterocycles. The van der Waals surface area contributed by atoms with Gasteiger partial charge in [0.25, 0.3) is 0 Å². The SMILES string of the molecule is CCNC(=NCC1(O)CCOCC1)NCC(CC)Cc1cccc(Br)c1. The summed E-state index contributed by atoms with van der Waals surface area (Å²) in [4.78, 5) is 4.62. The summed E-state index contributed by atoms with van der Waals surface area (Å²) >= 11 is 3.54. The van der Waals surface area contributed by atoms with Crippen LogP contribution in [0.5, 0.6) is 0 Å². The van der Waals surface area contributed by atoms with Crippen LogP contribution in [0.1, 0.15) is 38.7 Å². The Kier molecular flexibility index (Phi) is 8.88. The molecule has 26 heavy (non-hydrogen) atoms. The molecular formula is C20H32BrN3O2. The first-order chi connectivity index (χ1) is 12.5. The number of guanidine groups is 1. The second kappa shape index (κ2) is 10.9.